The quantitative estimate of drug-likeness (QED) is 0.220. The van der Waals surface area contributed by atoms with Crippen molar-refractivity contribution in [1.82, 2.24) is 0 Å². The number of nitrogens with zero attached hydrogens (tertiary/aromatic N) is 1. The minimum absolute atomic E-state index is 0.0838. The van der Waals surface area contributed by atoms with Gasteiger partial charge in [-0.15, -0.1) is 13.2 Å². The molecule has 5 heteroatoms. The lowest BCUT2D eigenvalue weighted by molar-refractivity contribution is -0.144. The Morgan fingerprint density at radius 1 is 1.28 bits per heavy atom. The van der Waals surface area contributed by atoms with Crippen LogP contribution in [-0.2, 0) is 14.2 Å². The van der Waals surface area contributed by atoms with E-state index in [1.807, 2.05) is 0 Å². The van der Waals surface area contributed by atoms with Gasteiger partial charge in [0, 0.05) is 7.11 Å². The van der Waals surface area contributed by atoms with Gasteiger partial charge in [0.2, 0.25) is 0 Å². The average Bonchev–Trinajstić information content (AvgIpc) is 2.37. The first-order valence-electron chi connectivity index (χ1n) is 5.96. The SMILES string of the molecule is C=CCCC(CC=C)(CN=O)OCOCCOC. The zero-order chi connectivity index (χ0) is 13.7. The number of hydrogen-bond donors (Lipinski definition) is 0. The summed E-state index contributed by atoms with van der Waals surface area (Å²) in [6, 6.07) is 0. The number of ether oxygens (including phenoxy) is 3. The van der Waals surface area contributed by atoms with Crippen molar-refractivity contribution in [3.8, 4) is 0 Å². The number of hydrogen-bond acceptors (Lipinski definition) is 5. The lowest BCUT2D eigenvalue weighted by Gasteiger charge is -2.30. The molecule has 0 aliphatic rings. The minimum Gasteiger partial charge on any atom is -0.382 e. The molecule has 0 spiro atoms. The molecular weight excluding hydrogens is 234 g/mol. The lowest BCUT2D eigenvalue weighted by Crippen LogP contribution is -2.36. The van der Waals surface area contributed by atoms with E-state index in [4.69, 9.17) is 14.2 Å². The highest BCUT2D eigenvalue weighted by atomic mass is 16.7. The fourth-order valence-corrected chi connectivity index (χ4v) is 1.54. The van der Waals surface area contributed by atoms with Gasteiger partial charge in [0.15, 0.2) is 0 Å². The summed E-state index contributed by atoms with van der Waals surface area (Å²) in [5, 5.41) is 2.96. The normalized spacial score (nSPS) is 13.8. The lowest BCUT2D eigenvalue weighted by atomic mass is 9.93. The van der Waals surface area contributed by atoms with Crippen molar-refractivity contribution >= 4 is 0 Å². The number of rotatable bonds is 13. The van der Waals surface area contributed by atoms with Gasteiger partial charge in [0.05, 0.1) is 18.8 Å². The van der Waals surface area contributed by atoms with Gasteiger partial charge >= 0.3 is 0 Å². The molecule has 0 fully saturated rings. The maximum Gasteiger partial charge on any atom is 0.147 e. The van der Waals surface area contributed by atoms with E-state index in [0.717, 1.165) is 6.42 Å². The molecule has 18 heavy (non-hydrogen) atoms. The van der Waals surface area contributed by atoms with Crippen molar-refractivity contribution in [1.29, 1.82) is 0 Å². The van der Waals surface area contributed by atoms with Crippen molar-refractivity contribution in [2.24, 2.45) is 5.18 Å². The third-order valence-corrected chi connectivity index (χ3v) is 2.55. The van der Waals surface area contributed by atoms with Crippen LogP contribution in [0.3, 0.4) is 0 Å². The smallest absolute Gasteiger partial charge is 0.147 e. The van der Waals surface area contributed by atoms with Crippen molar-refractivity contribution in [3.63, 3.8) is 0 Å². The molecule has 1 unspecified atom stereocenters. The predicted octanol–water partition coefficient (Wildman–Crippen LogP) is 2.67. The number of nitroso groups, excluding NO2 is 1. The first kappa shape index (κ1) is 17.0. The van der Waals surface area contributed by atoms with Crippen LogP contribution in [0, 0.1) is 4.91 Å². The van der Waals surface area contributed by atoms with E-state index in [9.17, 15) is 4.91 Å². The predicted molar refractivity (Wildman–Crippen MR) is 71.4 cm³/mol. The highest BCUT2D eigenvalue weighted by Crippen LogP contribution is 2.24. The molecule has 0 amide bonds. The summed E-state index contributed by atoms with van der Waals surface area (Å²) in [7, 11) is 1.60. The van der Waals surface area contributed by atoms with Crippen LogP contribution >= 0.6 is 0 Å². The second-order valence-corrected chi connectivity index (χ2v) is 3.95. The molecule has 0 aliphatic carbocycles. The topological polar surface area (TPSA) is 57.1 Å². The Hall–Kier alpha value is -1.04. The van der Waals surface area contributed by atoms with Gasteiger partial charge < -0.3 is 14.2 Å². The van der Waals surface area contributed by atoms with Crippen molar-refractivity contribution in [2.75, 3.05) is 33.7 Å². The van der Waals surface area contributed by atoms with Crippen LogP contribution in [0.25, 0.3) is 0 Å². The summed E-state index contributed by atoms with van der Waals surface area (Å²) >= 11 is 0. The van der Waals surface area contributed by atoms with E-state index in [1.54, 1.807) is 19.3 Å². The largest absolute Gasteiger partial charge is 0.382 e. The van der Waals surface area contributed by atoms with Crippen LogP contribution < -0.4 is 0 Å². The van der Waals surface area contributed by atoms with Crippen LogP contribution in [0.5, 0.6) is 0 Å². The van der Waals surface area contributed by atoms with Gasteiger partial charge in [-0.05, 0) is 19.3 Å². The molecule has 5 nitrogen and oxygen atoms in total. The van der Waals surface area contributed by atoms with Crippen molar-refractivity contribution in [3.05, 3.63) is 30.2 Å². The monoisotopic (exact) mass is 257 g/mol. The molecule has 0 heterocycles. The summed E-state index contributed by atoms with van der Waals surface area (Å²) in [5.41, 5.74) is -0.634. The molecule has 0 N–H and O–H groups in total. The molecule has 0 radical (unpaired) electrons. The Labute approximate surface area is 109 Å². The molecule has 1 atom stereocenters. The van der Waals surface area contributed by atoms with Crippen LogP contribution in [0.15, 0.2) is 30.5 Å². The fraction of sp³-hybridized carbons (Fsp3) is 0.692. The fourth-order valence-electron chi connectivity index (χ4n) is 1.54. The zero-order valence-electron chi connectivity index (χ0n) is 11.1. The third kappa shape index (κ3) is 7.32. The molecule has 0 rings (SSSR count). The summed E-state index contributed by atoms with van der Waals surface area (Å²) in [4.78, 5) is 10.5. The standard InChI is InChI=1S/C13H23NO4/c1-4-6-8-13(7-5-2,11-14-15)18-12-17-10-9-16-3/h4-5H,1-2,6-12H2,3H3. The summed E-state index contributed by atoms with van der Waals surface area (Å²) in [6.07, 6.45) is 5.49. The van der Waals surface area contributed by atoms with Crippen LogP contribution in [0.2, 0.25) is 0 Å². The Morgan fingerprint density at radius 2 is 2.06 bits per heavy atom. The van der Waals surface area contributed by atoms with Gasteiger partial charge in [-0.25, -0.2) is 0 Å². The zero-order valence-corrected chi connectivity index (χ0v) is 11.1. The summed E-state index contributed by atoms with van der Waals surface area (Å²) < 4.78 is 15.8. The molecule has 0 bridgehead atoms. The molecule has 104 valence electrons. The Balaban J connectivity index is 4.26. The van der Waals surface area contributed by atoms with Gasteiger partial charge in [-0.1, -0.05) is 17.3 Å². The average molecular weight is 257 g/mol. The second-order valence-electron chi connectivity index (χ2n) is 3.95. The maximum atomic E-state index is 10.5. The molecule has 0 aromatic carbocycles. The van der Waals surface area contributed by atoms with Gasteiger partial charge in [0.1, 0.15) is 13.3 Å². The summed E-state index contributed by atoms with van der Waals surface area (Å²) in [5.74, 6) is 0. The highest BCUT2D eigenvalue weighted by molar-refractivity contribution is 4.91. The minimum atomic E-state index is -0.634. The number of allylic oxidation sites excluding steroid dienone is 1. The Bertz CT molecular complexity index is 233. The molecule has 0 aliphatic heterocycles. The molecule has 0 aromatic rings. The Morgan fingerprint density at radius 3 is 2.61 bits per heavy atom. The molecular formula is C13H23NO4. The first-order chi connectivity index (χ1) is 8.74. The third-order valence-electron chi connectivity index (χ3n) is 2.55. The van der Waals surface area contributed by atoms with Gasteiger partial charge in [-0.2, -0.15) is 4.91 Å². The molecule has 0 saturated carbocycles. The molecule has 0 saturated heterocycles. The Kier molecular flexibility index (Phi) is 10.4. The van der Waals surface area contributed by atoms with E-state index in [-0.39, 0.29) is 13.3 Å². The summed E-state index contributed by atoms with van der Waals surface area (Å²) in [6.45, 7) is 8.51. The van der Waals surface area contributed by atoms with Crippen molar-refractivity contribution < 1.29 is 14.2 Å². The van der Waals surface area contributed by atoms with Gasteiger partial charge in [-0.3, -0.25) is 0 Å². The van der Waals surface area contributed by atoms with Crippen LogP contribution in [-0.4, -0.2) is 39.3 Å². The number of methoxy groups -OCH3 is 1. The van der Waals surface area contributed by atoms with Crippen molar-refractivity contribution in [2.45, 2.75) is 24.9 Å². The second kappa shape index (κ2) is 11.1. The van der Waals surface area contributed by atoms with Crippen LogP contribution in [0.4, 0.5) is 0 Å². The van der Waals surface area contributed by atoms with E-state index in [1.165, 1.54) is 0 Å². The van der Waals surface area contributed by atoms with E-state index >= 15 is 0 Å². The van der Waals surface area contributed by atoms with E-state index in [0.29, 0.717) is 26.1 Å². The van der Waals surface area contributed by atoms with Crippen LogP contribution in [0.1, 0.15) is 19.3 Å². The van der Waals surface area contributed by atoms with E-state index < -0.39 is 5.60 Å². The van der Waals surface area contributed by atoms with Gasteiger partial charge in [0.25, 0.3) is 0 Å². The highest BCUT2D eigenvalue weighted by Gasteiger charge is 2.29. The molecule has 0 aromatic heterocycles. The maximum absolute atomic E-state index is 10.5. The first-order valence-corrected chi connectivity index (χ1v) is 5.96. The van der Waals surface area contributed by atoms with E-state index in [2.05, 4.69) is 18.3 Å².